The molecule has 0 saturated heterocycles. The van der Waals surface area contributed by atoms with Crippen molar-refractivity contribution in [2.24, 2.45) is 5.73 Å². The normalized spacial score (nSPS) is 14.0. The van der Waals surface area contributed by atoms with Crippen molar-refractivity contribution in [3.05, 3.63) is 170 Å². The number of unbranched alkanes of at least 4 members (excludes halogenated alkanes) is 24. The largest absolute Gasteiger partial charge is 0.472 e. The van der Waals surface area contributed by atoms with Crippen LogP contribution in [-0.4, -0.2) is 49.3 Å². The summed E-state index contributed by atoms with van der Waals surface area (Å²) in [5.41, 5.74) is 5.40. The molecule has 0 fully saturated rings. The molecule has 0 rings (SSSR count). The summed E-state index contributed by atoms with van der Waals surface area (Å²) in [6.45, 7) is 3.47. The molecule has 0 saturated carbocycles. The molecule has 0 spiro atoms. The molecule has 2 unspecified atom stereocenters. The molecule has 0 aliphatic carbocycles. The van der Waals surface area contributed by atoms with Crippen LogP contribution < -0.4 is 5.73 Å². The van der Waals surface area contributed by atoms with E-state index in [-0.39, 0.29) is 32.6 Å². The minimum absolute atomic E-state index is 0.0390. The van der Waals surface area contributed by atoms with Crippen molar-refractivity contribution in [3.8, 4) is 0 Å². The van der Waals surface area contributed by atoms with Crippen molar-refractivity contribution in [2.75, 3.05) is 26.4 Å². The highest BCUT2D eigenvalue weighted by Gasteiger charge is 2.26. The maximum Gasteiger partial charge on any atom is 0.472 e. The number of ether oxygens (including phenoxy) is 2. The lowest BCUT2D eigenvalue weighted by Crippen LogP contribution is -2.29. The fourth-order valence-corrected chi connectivity index (χ4v) is 10.2. The molecule has 0 aromatic carbocycles. The predicted molar refractivity (Wildman–Crippen MR) is 385 cm³/mol. The van der Waals surface area contributed by atoms with Crippen LogP contribution in [0.15, 0.2) is 170 Å². The van der Waals surface area contributed by atoms with Gasteiger partial charge in [-0.1, -0.05) is 312 Å². The lowest BCUT2D eigenvalue weighted by atomic mass is 10.0. The average molecular weight is 1250 g/mol. The predicted octanol–water partition coefficient (Wildman–Crippen LogP) is 23.7. The van der Waals surface area contributed by atoms with E-state index < -0.39 is 32.5 Å². The molecule has 0 aliphatic rings. The summed E-state index contributed by atoms with van der Waals surface area (Å²) in [4.78, 5) is 35.3. The number of phosphoric acid groups is 1. The van der Waals surface area contributed by atoms with Gasteiger partial charge in [0, 0.05) is 19.4 Å². The molecule has 9 nitrogen and oxygen atoms in total. The highest BCUT2D eigenvalue weighted by Crippen LogP contribution is 2.43. The number of hydrogen-bond acceptors (Lipinski definition) is 8. The fraction of sp³-hybridized carbons (Fsp3) is 0.620. The van der Waals surface area contributed by atoms with Crippen molar-refractivity contribution in [1.82, 2.24) is 0 Å². The molecular formula is C79H130NO8P. The minimum Gasteiger partial charge on any atom is -0.462 e. The van der Waals surface area contributed by atoms with E-state index in [1.54, 1.807) is 0 Å². The smallest absolute Gasteiger partial charge is 0.462 e. The molecule has 504 valence electrons. The highest BCUT2D eigenvalue weighted by atomic mass is 31.2. The maximum absolute atomic E-state index is 12.7. The molecule has 3 N–H and O–H groups in total. The molecule has 89 heavy (non-hydrogen) atoms. The van der Waals surface area contributed by atoms with E-state index in [0.717, 1.165) is 122 Å². The van der Waals surface area contributed by atoms with Crippen LogP contribution in [0.1, 0.15) is 284 Å². The van der Waals surface area contributed by atoms with Crippen LogP contribution in [0.4, 0.5) is 0 Å². The first-order chi connectivity index (χ1) is 43.8. The summed E-state index contributed by atoms with van der Waals surface area (Å²) >= 11 is 0. The lowest BCUT2D eigenvalue weighted by molar-refractivity contribution is -0.161. The van der Waals surface area contributed by atoms with Gasteiger partial charge in [0.2, 0.25) is 0 Å². The topological polar surface area (TPSA) is 134 Å². The van der Waals surface area contributed by atoms with Gasteiger partial charge in [-0.3, -0.25) is 18.6 Å². The summed E-state index contributed by atoms with van der Waals surface area (Å²) in [6, 6.07) is 0. The summed E-state index contributed by atoms with van der Waals surface area (Å²) in [5.74, 6) is -0.881. The lowest BCUT2D eigenvalue weighted by Gasteiger charge is -2.19. The van der Waals surface area contributed by atoms with E-state index in [1.165, 1.54) is 128 Å². The molecule has 0 aromatic rings. The number of carbonyl (C=O) groups is 2. The van der Waals surface area contributed by atoms with Crippen molar-refractivity contribution >= 4 is 19.8 Å². The van der Waals surface area contributed by atoms with Gasteiger partial charge in [0.1, 0.15) is 6.61 Å². The van der Waals surface area contributed by atoms with Crippen LogP contribution in [-0.2, 0) is 32.7 Å². The van der Waals surface area contributed by atoms with Crippen LogP contribution in [0.25, 0.3) is 0 Å². The fourth-order valence-electron chi connectivity index (χ4n) is 9.42. The van der Waals surface area contributed by atoms with Crippen molar-refractivity contribution in [2.45, 2.75) is 290 Å². The zero-order chi connectivity index (χ0) is 64.4. The second-order valence-electron chi connectivity index (χ2n) is 23.0. The number of nitrogens with two attached hydrogens (primary N) is 1. The number of rotatable bonds is 65. The Morgan fingerprint density at radius 2 is 0.584 bits per heavy atom. The Morgan fingerprint density at radius 3 is 0.888 bits per heavy atom. The Labute approximate surface area is 546 Å². The second-order valence-corrected chi connectivity index (χ2v) is 24.4. The van der Waals surface area contributed by atoms with Crippen LogP contribution >= 0.6 is 7.82 Å². The Balaban J connectivity index is 3.91. The third-order valence-electron chi connectivity index (χ3n) is 14.6. The summed E-state index contributed by atoms with van der Waals surface area (Å²) < 4.78 is 33.1. The van der Waals surface area contributed by atoms with Crippen molar-refractivity contribution in [3.63, 3.8) is 0 Å². The first-order valence-corrected chi connectivity index (χ1v) is 37.1. The Hall–Kier alpha value is -4.63. The molecule has 0 heterocycles. The SMILES string of the molecule is CC/C=C\C/C=C\C/C=C\C/C=C\C/C=C\C/C=C\C/C=C\C/C=C\CCCCC(=O)OC(COC(=O)CCCCCCCCCCCCCCCCCCCCCCCC/C=C\C/C=C\C/C=C\C/C=C\C/C=C\C/C=C\CC)COP(=O)(O)OCCN. The summed E-state index contributed by atoms with van der Waals surface area (Å²) in [5, 5.41) is 0. The van der Waals surface area contributed by atoms with Gasteiger partial charge < -0.3 is 20.1 Å². The molecule has 0 bridgehead atoms. The summed E-state index contributed by atoms with van der Waals surface area (Å²) in [6.07, 6.45) is 107. The van der Waals surface area contributed by atoms with Crippen LogP contribution in [0.5, 0.6) is 0 Å². The number of phosphoric ester groups is 1. The van der Waals surface area contributed by atoms with Crippen molar-refractivity contribution in [1.29, 1.82) is 0 Å². The van der Waals surface area contributed by atoms with Gasteiger partial charge >= 0.3 is 19.8 Å². The Bertz CT molecular complexity index is 2070. The van der Waals surface area contributed by atoms with Crippen LogP contribution in [0.3, 0.4) is 0 Å². The van der Waals surface area contributed by atoms with Gasteiger partial charge in [0.15, 0.2) is 6.10 Å². The third-order valence-corrected chi connectivity index (χ3v) is 15.6. The first-order valence-electron chi connectivity index (χ1n) is 35.6. The molecule has 10 heteroatoms. The Morgan fingerprint density at radius 1 is 0.337 bits per heavy atom. The quantitative estimate of drug-likeness (QED) is 0.0264. The second kappa shape index (κ2) is 72.4. The molecule has 0 amide bonds. The maximum atomic E-state index is 12.7. The van der Waals surface area contributed by atoms with Crippen LogP contribution in [0.2, 0.25) is 0 Å². The van der Waals surface area contributed by atoms with E-state index in [9.17, 15) is 19.0 Å². The standard InChI is InChI=1S/C79H130NO8P/c1-3-5-7-9-11-13-15-17-19-21-23-25-27-29-31-32-33-34-35-36-37-38-39-40-41-42-43-44-46-47-49-51-53-55-57-59-61-63-65-67-69-71-78(81)85-75-77(76-87-89(83,84)86-74-73-80)88-79(82)72-70-68-66-64-62-60-58-56-54-52-50-48-45-30-28-26-24-22-20-18-16-14-12-10-8-6-4-2/h5-8,11-14,17-20,23-26,29-31,33-34,45,50,52,56,58,62,64,77H,3-4,9-10,15-16,21-22,27-28,32,35-44,46-49,51,53-55,57,59-61,63,65-76,80H2,1-2H3,(H,83,84)/b7-5-,8-6-,13-11-,14-12-,19-17-,20-18-,25-23-,26-24-,31-29-,34-33-,45-30-,52-50-,58-56-,64-62-. The number of carbonyl (C=O) groups excluding carboxylic acids is 2. The van der Waals surface area contributed by atoms with E-state index in [2.05, 4.69) is 184 Å². The Kier molecular flexibility index (Phi) is 68.7. The van der Waals surface area contributed by atoms with Crippen LogP contribution in [0, 0.1) is 0 Å². The van der Waals surface area contributed by atoms with Gasteiger partial charge in [-0.05, 0) is 128 Å². The van der Waals surface area contributed by atoms with E-state index in [4.69, 9.17) is 24.3 Å². The van der Waals surface area contributed by atoms with Crippen molar-refractivity contribution < 1.29 is 37.6 Å². The van der Waals surface area contributed by atoms with E-state index in [0.29, 0.717) is 6.42 Å². The number of esters is 2. The van der Waals surface area contributed by atoms with Gasteiger partial charge in [-0.15, -0.1) is 0 Å². The molecule has 0 aromatic heterocycles. The zero-order valence-corrected chi connectivity index (χ0v) is 57.5. The first kappa shape index (κ1) is 84.4. The highest BCUT2D eigenvalue weighted by molar-refractivity contribution is 7.47. The van der Waals surface area contributed by atoms with Gasteiger partial charge in [-0.25, -0.2) is 4.57 Å². The molecule has 2 atom stereocenters. The number of allylic oxidation sites excluding steroid dienone is 28. The molecule has 0 radical (unpaired) electrons. The zero-order valence-electron chi connectivity index (χ0n) is 56.6. The average Bonchev–Trinajstić information content (AvgIpc) is 3.64. The monoisotopic (exact) mass is 1250 g/mol. The molecular weight excluding hydrogens is 1120 g/mol. The van der Waals surface area contributed by atoms with Gasteiger partial charge in [-0.2, -0.15) is 0 Å². The minimum atomic E-state index is -4.42. The third kappa shape index (κ3) is 72.3. The van der Waals surface area contributed by atoms with Gasteiger partial charge in [0.05, 0.1) is 13.2 Å². The molecule has 0 aliphatic heterocycles. The van der Waals surface area contributed by atoms with E-state index >= 15 is 0 Å². The summed E-state index contributed by atoms with van der Waals surface area (Å²) in [7, 11) is -4.42. The van der Waals surface area contributed by atoms with E-state index in [1.807, 2.05) is 0 Å². The van der Waals surface area contributed by atoms with Gasteiger partial charge in [0.25, 0.3) is 0 Å². The number of hydrogen-bond donors (Lipinski definition) is 2.